The fraction of sp³-hybridized carbons (Fsp3) is 0.826. The van der Waals surface area contributed by atoms with E-state index in [4.69, 9.17) is 0 Å². The molecule has 1 spiro atoms. The number of piperidine rings is 2. The summed E-state index contributed by atoms with van der Waals surface area (Å²) in [5.41, 5.74) is -0.903. The second-order valence-electron chi connectivity index (χ2n) is 9.75. The third kappa shape index (κ3) is 4.63. The molecule has 9 nitrogen and oxygen atoms in total. The van der Waals surface area contributed by atoms with Gasteiger partial charge < -0.3 is 15.1 Å². The molecule has 0 aromatic heterocycles. The quantitative estimate of drug-likeness (QED) is 0.653. The van der Waals surface area contributed by atoms with Crippen LogP contribution in [-0.4, -0.2) is 101 Å². The van der Waals surface area contributed by atoms with E-state index in [0.29, 0.717) is 52.0 Å². The maximum Gasteiger partial charge on any atom is 0.325 e. The van der Waals surface area contributed by atoms with E-state index in [-0.39, 0.29) is 29.8 Å². The molecule has 4 aliphatic heterocycles. The van der Waals surface area contributed by atoms with Crippen molar-refractivity contribution in [3.05, 3.63) is 0 Å². The predicted molar refractivity (Wildman–Crippen MR) is 119 cm³/mol. The Hall–Kier alpha value is -2.16. The summed E-state index contributed by atoms with van der Waals surface area (Å²) in [5, 5.41) is 2.95. The molecule has 32 heavy (non-hydrogen) atoms. The normalized spacial score (nSPS) is 26.9. The van der Waals surface area contributed by atoms with Gasteiger partial charge in [-0.2, -0.15) is 0 Å². The van der Waals surface area contributed by atoms with Gasteiger partial charge in [-0.1, -0.05) is 19.8 Å². The van der Waals surface area contributed by atoms with Gasteiger partial charge in [0.25, 0.3) is 5.91 Å². The Bertz CT molecular complexity index is 741. The molecule has 0 aromatic carbocycles. The smallest absolute Gasteiger partial charge is 0.325 e. The van der Waals surface area contributed by atoms with Crippen molar-refractivity contribution in [2.24, 2.45) is 0 Å². The minimum atomic E-state index is -0.903. The first-order valence-electron chi connectivity index (χ1n) is 12.4. The lowest BCUT2D eigenvalue weighted by atomic mass is 9.87. The van der Waals surface area contributed by atoms with E-state index >= 15 is 0 Å². The molecule has 0 radical (unpaired) electrons. The average molecular weight is 448 g/mol. The van der Waals surface area contributed by atoms with Crippen LogP contribution >= 0.6 is 0 Å². The van der Waals surface area contributed by atoms with Crippen LogP contribution in [0, 0.1) is 0 Å². The van der Waals surface area contributed by atoms with E-state index in [0.717, 1.165) is 38.8 Å². The molecule has 0 unspecified atom stereocenters. The molecule has 4 rings (SSSR count). The number of nitrogens with one attached hydrogen (secondary N) is 1. The maximum atomic E-state index is 13.4. The number of carbonyl (C=O) groups is 4. The van der Waals surface area contributed by atoms with Crippen molar-refractivity contribution in [1.82, 2.24) is 24.9 Å². The molecule has 4 aliphatic rings. The number of hydrogen-bond acceptors (Lipinski definition) is 5. The van der Waals surface area contributed by atoms with Crippen molar-refractivity contribution in [2.75, 3.05) is 45.8 Å². The molecule has 9 heteroatoms. The van der Waals surface area contributed by atoms with E-state index in [1.165, 1.54) is 17.7 Å². The van der Waals surface area contributed by atoms with Crippen molar-refractivity contribution in [2.45, 2.75) is 76.3 Å². The summed E-state index contributed by atoms with van der Waals surface area (Å²) in [6.45, 7) is 6.27. The monoisotopic (exact) mass is 447 g/mol. The van der Waals surface area contributed by atoms with Crippen LogP contribution in [0.5, 0.6) is 0 Å². The predicted octanol–water partition coefficient (Wildman–Crippen LogP) is 1.18. The van der Waals surface area contributed by atoms with Gasteiger partial charge in [0.2, 0.25) is 11.8 Å². The van der Waals surface area contributed by atoms with E-state index in [1.807, 2.05) is 11.8 Å². The Morgan fingerprint density at radius 3 is 2.25 bits per heavy atom. The van der Waals surface area contributed by atoms with Gasteiger partial charge in [-0.3, -0.25) is 24.2 Å². The Morgan fingerprint density at radius 2 is 1.59 bits per heavy atom. The lowest BCUT2D eigenvalue weighted by Crippen LogP contribution is -2.57. The summed E-state index contributed by atoms with van der Waals surface area (Å²) < 4.78 is 0. The number of likely N-dealkylation sites (tertiary alicyclic amines) is 3. The lowest BCUT2D eigenvalue weighted by Gasteiger charge is -2.39. The molecular formula is C23H37N5O4. The fourth-order valence-corrected chi connectivity index (χ4v) is 5.65. The summed E-state index contributed by atoms with van der Waals surface area (Å²) in [4.78, 5) is 58.5. The Balaban J connectivity index is 1.37. The molecule has 1 atom stereocenters. The molecule has 4 heterocycles. The minimum absolute atomic E-state index is 0.0827. The van der Waals surface area contributed by atoms with Crippen molar-refractivity contribution >= 4 is 23.8 Å². The Kier molecular flexibility index (Phi) is 7.02. The number of rotatable bonds is 4. The highest BCUT2D eigenvalue weighted by Crippen LogP contribution is 2.32. The number of hydrogen-bond donors (Lipinski definition) is 1. The number of amides is 5. The van der Waals surface area contributed by atoms with Crippen LogP contribution in [0.15, 0.2) is 0 Å². The summed E-state index contributed by atoms with van der Waals surface area (Å²) >= 11 is 0. The van der Waals surface area contributed by atoms with E-state index in [1.54, 1.807) is 4.90 Å². The van der Waals surface area contributed by atoms with Crippen LogP contribution < -0.4 is 5.32 Å². The first kappa shape index (κ1) is 23.0. The lowest BCUT2D eigenvalue weighted by molar-refractivity contribution is -0.141. The van der Waals surface area contributed by atoms with Gasteiger partial charge >= 0.3 is 6.03 Å². The number of nitrogens with zero attached hydrogens (tertiary/aromatic N) is 4. The fourth-order valence-electron chi connectivity index (χ4n) is 5.65. The number of urea groups is 1. The Morgan fingerprint density at radius 1 is 0.906 bits per heavy atom. The second kappa shape index (κ2) is 9.77. The zero-order valence-electron chi connectivity index (χ0n) is 19.3. The van der Waals surface area contributed by atoms with Crippen LogP contribution in [0.25, 0.3) is 0 Å². The minimum Gasteiger partial charge on any atom is -0.343 e. The average Bonchev–Trinajstić information content (AvgIpc) is 2.96. The number of carbonyl (C=O) groups excluding carboxylic acids is 4. The molecule has 0 saturated carbocycles. The zero-order valence-corrected chi connectivity index (χ0v) is 19.3. The highest BCUT2D eigenvalue weighted by Gasteiger charge is 2.54. The van der Waals surface area contributed by atoms with Crippen molar-refractivity contribution in [1.29, 1.82) is 0 Å². The topological polar surface area (TPSA) is 93.3 Å². The van der Waals surface area contributed by atoms with Crippen molar-refractivity contribution in [3.8, 4) is 0 Å². The van der Waals surface area contributed by atoms with Crippen molar-refractivity contribution in [3.63, 3.8) is 0 Å². The van der Waals surface area contributed by atoms with E-state index in [9.17, 15) is 19.2 Å². The third-order valence-corrected chi connectivity index (χ3v) is 7.64. The summed E-state index contributed by atoms with van der Waals surface area (Å²) in [5.74, 6) is 0.00184. The zero-order chi connectivity index (χ0) is 22.7. The third-order valence-electron chi connectivity index (χ3n) is 7.64. The second-order valence-corrected chi connectivity index (χ2v) is 9.75. The van der Waals surface area contributed by atoms with Gasteiger partial charge in [0.05, 0.1) is 12.6 Å². The van der Waals surface area contributed by atoms with Gasteiger partial charge in [-0.05, 0) is 51.6 Å². The maximum absolute atomic E-state index is 13.4. The molecular weight excluding hydrogens is 410 g/mol. The van der Waals surface area contributed by atoms with Crippen LogP contribution in [0.4, 0.5) is 4.79 Å². The summed E-state index contributed by atoms with van der Waals surface area (Å²) in [7, 11) is 0. The van der Waals surface area contributed by atoms with Crippen molar-refractivity contribution < 1.29 is 19.2 Å². The largest absolute Gasteiger partial charge is 0.343 e. The molecule has 4 saturated heterocycles. The highest BCUT2D eigenvalue weighted by atomic mass is 16.2. The van der Waals surface area contributed by atoms with Crippen LogP contribution in [0.3, 0.4) is 0 Å². The first-order chi connectivity index (χ1) is 15.4. The summed E-state index contributed by atoms with van der Waals surface area (Å²) in [6, 6.07) is -0.629. The van der Waals surface area contributed by atoms with E-state index < -0.39 is 5.54 Å². The standard InChI is InChI=1S/C23H37N5O4/c1-2-19(29)26-14-9-23(10-15-26)21(31)28(22(32)24-23)18-8-7-13-27(16-18)20(30)17-25-11-5-3-4-6-12-25/h18H,2-17H2,1H3,(H,24,32)/t18-/m0/s1. The molecule has 1 N–H and O–H groups in total. The van der Waals surface area contributed by atoms with Gasteiger partial charge in [0.15, 0.2) is 0 Å². The van der Waals surface area contributed by atoms with Gasteiger partial charge in [-0.15, -0.1) is 0 Å². The molecule has 0 bridgehead atoms. The number of imide groups is 1. The van der Waals surface area contributed by atoms with Gasteiger partial charge in [0, 0.05) is 32.6 Å². The van der Waals surface area contributed by atoms with E-state index in [2.05, 4.69) is 10.2 Å². The van der Waals surface area contributed by atoms with Crippen LogP contribution in [0.1, 0.15) is 64.7 Å². The SMILES string of the molecule is CCC(=O)N1CCC2(CC1)NC(=O)N([C@H]1CCCN(C(=O)CN3CCCCCC3)C1)C2=O. The van der Waals surface area contributed by atoms with Crippen LogP contribution in [-0.2, 0) is 14.4 Å². The molecule has 0 aromatic rings. The summed E-state index contributed by atoms with van der Waals surface area (Å²) in [6.07, 6.45) is 7.60. The van der Waals surface area contributed by atoms with Crippen LogP contribution in [0.2, 0.25) is 0 Å². The molecule has 178 valence electrons. The Labute approximate surface area is 190 Å². The molecule has 4 fully saturated rings. The van der Waals surface area contributed by atoms with Gasteiger partial charge in [0.1, 0.15) is 5.54 Å². The molecule has 5 amide bonds. The molecule has 0 aliphatic carbocycles. The highest BCUT2D eigenvalue weighted by molar-refractivity contribution is 6.07. The first-order valence-corrected chi connectivity index (χ1v) is 12.4. The van der Waals surface area contributed by atoms with Gasteiger partial charge in [-0.25, -0.2) is 4.79 Å².